The Morgan fingerprint density at radius 1 is 1.18 bits per heavy atom. The number of hydrogen-bond donors (Lipinski definition) is 2. The van der Waals surface area contributed by atoms with Crippen molar-refractivity contribution >= 4 is 27.5 Å². The van der Waals surface area contributed by atoms with Crippen molar-refractivity contribution in [3.63, 3.8) is 0 Å². The van der Waals surface area contributed by atoms with Crippen LogP contribution in [0, 0.1) is 0 Å². The second-order valence-corrected chi connectivity index (χ2v) is 5.32. The van der Waals surface area contributed by atoms with Gasteiger partial charge in [-0.25, -0.2) is 0 Å². The maximum atomic E-state index is 8.64. The molecule has 0 bridgehead atoms. The normalized spacial score (nSPS) is 10.8. The maximum Gasteiger partial charge on any atom is 0.0548 e. The van der Waals surface area contributed by atoms with E-state index in [-0.39, 0.29) is 0 Å². The van der Waals surface area contributed by atoms with Gasteiger partial charge in [-0.2, -0.15) is 0 Å². The van der Waals surface area contributed by atoms with Crippen LogP contribution >= 0.6 is 27.5 Å². The van der Waals surface area contributed by atoms with Crippen molar-refractivity contribution in [2.45, 2.75) is 32.2 Å². The van der Waals surface area contributed by atoms with Crippen LogP contribution in [0.3, 0.4) is 0 Å². The van der Waals surface area contributed by atoms with Crippen molar-refractivity contribution in [2.24, 2.45) is 0 Å². The minimum atomic E-state index is 0.312. The first-order valence-corrected chi connectivity index (χ1v) is 7.16. The van der Waals surface area contributed by atoms with Crippen LogP contribution in [-0.4, -0.2) is 18.3 Å². The molecule has 2 N–H and O–H groups in total. The molecular formula is C13H19BrClNO. The van der Waals surface area contributed by atoms with Gasteiger partial charge in [-0.15, -0.1) is 0 Å². The van der Waals surface area contributed by atoms with Gasteiger partial charge in [-0.05, 0) is 53.0 Å². The zero-order valence-corrected chi connectivity index (χ0v) is 12.2. The summed E-state index contributed by atoms with van der Waals surface area (Å²) in [5.74, 6) is 0. The zero-order valence-electron chi connectivity index (χ0n) is 9.88. The summed E-state index contributed by atoms with van der Waals surface area (Å²) in [6.07, 6.45) is 4.38. The third kappa shape index (κ3) is 6.41. The molecule has 0 aliphatic carbocycles. The molecule has 0 aliphatic rings. The molecular weight excluding hydrogens is 302 g/mol. The van der Waals surface area contributed by atoms with E-state index in [4.69, 9.17) is 16.7 Å². The Morgan fingerprint density at radius 2 is 1.94 bits per heavy atom. The highest BCUT2D eigenvalue weighted by molar-refractivity contribution is 9.10. The lowest BCUT2D eigenvalue weighted by molar-refractivity contribution is 0.282. The molecule has 0 atom stereocenters. The standard InChI is InChI=1S/C13H19BrClNO/c14-12-9-11(5-6-13(12)15)10-16-7-3-1-2-4-8-17/h5-6,9,16-17H,1-4,7-8,10H2. The monoisotopic (exact) mass is 319 g/mol. The smallest absolute Gasteiger partial charge is 0.0548 e. The van der Waals surface area contributed by atoms with Crippen LogP contribution in [0.5, 0.6) is 0 Å². The number of unbranched alkanes of at least 4 members (excludes halogenated alkanes) is 3. The fraction of sp³-hybridized carbons (Fsp3) is 0.538. The summed E-state index contributed by atoms with van der Waals surface area (Å²) in [6, 6.07) is 5.98. The van der Waals surface area contributed by atoms with E-state index in [2.05, 4.69) is 21.2 Å². The van der Waals surface area contributed by atoms with E-state index in [1.165, 1.54) is 12.0 Å². The molecule has 0 spiro atoms. The topological polar surface area (TPSA) is 32.3 Å². The molecule has 96 valence electrons. The quantitative estimate of drug-likeness (QED) is 0.715. The Kier molecular flexibility index (Phi) is 7.86. The lowest BCUT2D eigenvalue weighted by Crippen LogP contribution is -2.14. The number of benzene rings is 1. The summed E-state index contributed by atoms with van der Waals surface area (Å²) in [6.45, 7) is 2.20. The number of nitrogens with one attached hydrogen (secondary N) is 1. The summed E-state index contributed by atoms with van der Waals surface area (Å²) in [5, 5.41) is 12.8. The van der Waals surface area contributed by atoms with Crippen LogP contribution < -0.4 is 5.32 Å². The van der Waals surface area contributed by atoms with Crippen LogP contribution in [0.15, 0.2) is 22.7 Å². The van der Waals surface area contributed by atoms with Crippen molar-refractivity contribution in [3.05, 3.63) is 33.3 Å². The predicted octanol–water partition coefficient (Wildman–Crippen LogP) is 3.74. The van der Waals surface area contributed by atoms with Gasteiger partial charge in [0.25, 0.3) is 0 Å². The van der Waals surface area contributed by atoms with Crippen molar-refractivity contribution in [1.29, 1.82) is 0 Å². The van der Waals surface area contributed by atoms with Crippen LogP contribution in [-0.2, 0) is 6.54 Å². The fourth-order valence-electron chi connectivity index (χ4n) is 1.60. The van der Waals surface area contributed by atoms with Gasteiger partial charge >= 0.3 is 0 Å². The van der Waals surface area contributed by atoms with Gasteiger partial charge in [0.15, 0.2) is 0 Å². The number of halogens is 2. The molecule has 0 aromatic heterocycles. The first kappa shape index (κ1) is 15.0. The molecule has 0 saturated carbocycles. The van der Waals surface area contributed by atoms with E-state index in [0.29, 0.717) is 6.61 Å². The Hall–Kier alpha value is -0.0900. The van der Waals surface area contributed by atoms with E-state index in [1.54, 1.807) is 0 Å². The minimum Gasteiger partial charge on any atom is -0.396 e. The van der Waals surface area contributed by atoms with E-state index < -0.39 is 0 Å². The van der Waals surface area contributed by atoms with Gasteiger partial charge in [0.05, 0.1) is 5.02 Å². The minimum absolute atomic E-state index is 0.312. The maximum absolute atomic E-state index is 8.64. The fourth-order valence-corrected chi connectivity index (χ4v) is 2.14. The summed E-state index contributed by atoms with van der Waals surface area (Å²) in [7, 11) is 0. The summed E-state index contributed by atoms with van der Waals surface area (Å²) >= 11 is 9.34. The van der Waals surface area contributed by atoms with Crippen LogP contribution in [0.1, 0.15) is 31.2 Å². The zero-order chi connectivity index (χ0) is 12.5. The Morgan fingerprint density at radius 3 is 2.65 bits per heavy atom. The molecule has 2 nitrogen and oxygen atoms in total. The number of aliphatic hydroxyl groups is 1. The SMILES string of the molecule is OCCCCCCNCc1ccc(Cl)c(Br)c1. The second-order valence-electron chi connectivity index (χ2n) is 4.06. The molecule has 0 unspecified atom stereocenters. The van der Waals surface area contributed by atoms with Crippen molar-refractivity contribution < 1.29 is 5.11 Å². The number of rotatable bonds is 8. The average molecular weight is 321 g/mol. The van der Waals surface area contributed by atoms with Crippen LogP contribution in [0.2, 0.25) is 5.02 Å². The summed E-state index contributed by atoms with van der Waals surface area (Å²) in [5.41, 5.74) is 1.23. The molecule has 0 amide bonds. The Bertz CT molecular complexity index is 333. The largest absolute Gasteiger partial charge is 0.396 e. The van der Waals surface area contributed by atoms with Crippen LogP contribution in [0.4, 0.5) is 0 Å². The predicted molar refractivity (Wildman–Crippen MR) is 76.4 cm³/mol. The second kappa shape index (κ2) is 8.92. The molecule has 1 rings (SSSR count). The third-order valence-corrected chi connectivity index (χ3v) is 3.79. The Balaban J connectivity index is 2.11. The van der Waals surface area contributed by atoms with Gasteiger partial charge in [-0.3, -0.25) is 0 Å². The molecule has 1 aromatic carbocycles. The van der Waals surface area contributed by atoms with Gasteiger partial charge in [0, 0.05) is 17.6 Å². The Labute approximate surface area is 117 Å². The number of hydrogen-bond acceptors (Lipinski definition) is 2. The van der Waals surface area contributed by atoms with Gasteiger partial charge in [0.1, 0.15) is 0 Å². The van der Waals surface area contributed by atoms with E-state index in [1.807, 2.05) is 18.2 Å². The molecule has 0 saturated heterocycles. The molecule has 0 radical (unpaired) electrons. The third-order valence-electron chi connectivity index (χ3n) is 2.57. The number of aliphatic hydroxyl groups excluding tert-OH is 1. The highest BCUT2D eigenvalue weighted by atomic mass is 79.9. The molecule has 17 heavy (non-hydrogen) atoms. The van der Waals surface area contributed by atoms with E-state index >= 15 is 0 Å². The first-order valence-electron chi connectivity index (χ1n) is 5.99. The van der Waals surface area contributed by atoms with Gasteiger partial charge < -0.3 is 10.4 Å². The van der Waals surface area contributed by atoms with Gasteiger partial charge in [0.2, 0.25) is 0 Å². The van der Waals surface area contributed by atoms with E-state index in [9.17, 15) is 0 Å². The molecule has 0 fully saturated rings. The molecule has 0 heterocycles. The van der Waals surface area contributed by atoms with Gasteiger partial charge in [-0.1, -0.05) is 30.5 Å². The average Bonchev–Trinajstić information content (AvgIpc) is 2.32. The highest BCUT2D eigenvalue weighted by Gasteiger charge is 1.98. The molecule has 4 heteroatoms. The van der Waals surface area contributed by atoms with Crippen LogP contribution in [0.25, 0.3) is 0 Å². The highest BCUT2D eigenvalue weighted by Crippen LogP contribution is 2.23. The molecule has 0 aliphatic heterocycles. The molecule has 1 aromatic rings. The lowest BCUT2D eigenvalue weighted by atomic mass is 10.2. The first-order chi connectivity index (χ1) is 8.24. The van der Waals surface area contributed by atoms with Crippen molar-refractivity contribution in [2.75, 3.05) is 13.2 Å². The van der Waals surface area contributed by atoms with E-state index in [0.717, 1.165) is 41.8 Å². The summed E-state index contributed by atoms with van der Waals surface area (Å²) in [4.78, 5) is 0. The van der Waals surface area contributed by atoms with Crippen molar-refractivity contribution in [3.8, 4) is 0 Å². The van der Waals surface area contributed by atoms with Crippen molar-refractivity contribution in [1.82, 2.24) is 5.32 Å². The summed E-state index contributed by atoms with van der Waals surface area (Å²) < 4.78 is 0.946. The lowest BCUT2D eigenvalue weighted by Gasteiger charge is -2.06.